The van der Waals surface area contributed by atoms with Crippen molar-refractivity contribution in [2.45, 2.75) is 85.7 Å². The van der Waals surface area contributed by atoms with Crippen LogP contribution in [0.4, 0.5) is 4.79 Å². The van der Waals surface area contributed by atoms with Gasteiger partial charge in [0.2, 0.25) is 0 Å². The number of allylic oxidation sites excluding steroid dienone is 1. The van der Waals surface area contributed by atoms with E-state index in [1.807, 2.05) is 48.6 Å². The van der Waals surface area contributed by atoms with Crippen molar-refractivity contribution in [2.24, 2.45) is 5.41 Å². The zero-order valence-electron chi connectivity index (χ0n) is 20.2. The summed E-state index contributed by atoms with van der Waals surface area (Å²) < 4.78 is 10.2. The number of hydrogen-bond acceptors (Lipinski definition) is 6. The Morgan fingerprint density at radius 1 is 1.10 bits per heavy atom. The molecule has 0 atom stereocenters. The standard InChI is InChI=1S/C13H25NO3.C10H17NO2/c1-7-13(8-2,10-15)9-14(6)11(16)17-12(3,4)5;1-3-13-10(12)8-6-4-5-7-9(8)11-2/h10H,7-9H2,1-6H3;11H,3-7H2,1-2H3. The summed E-state index contributed by atoms with van der Waals surface area (Å²) in [4.78, 5) is 35.9. The molecule has 174 valence electrons. The van der Waals surface area contributed by atoms with Crippen LogP contribution >= 0.6 is 0 Å². The van der Waals surface area contributed by atoms with Gasteiger partial charge in [-0.3, -0.25) is 0 Å². The van der Waals surface area contributed by atoms with Crippen LogP contribution in [0.1, 0.15) is 80.1 Å². The monoisotopic (exact) mass is 426 g/mol. The van der Waals surface area contributed by atoms with Gasteiger partial charge in [0.05, 0.1) is 12.2 Å². The third kappa shape index (κ3) is 9.63. The Kier molecular flexibility index (Phi) is 12.4. The molecule has 0 unspecified atom stereocenters. The van der Waals surface area contributed by atoms with Gasteiger partial charge >= 0.3 is 12.1 Å². The molecule has 0 heterocycles. The second kappa shape index (κ2) is 13.3. The molecule has 1 rings (SSSR count). The van der Waals surface area contributed by atoms with Gasteiger partial charge in [0.25, 0.3) is 0 Å². The molecule has 0 fully saturated rings. The van der Waals surface area contributed by atoms with Crippen LogP contribution in [0.2, 0.25) is 0 Å². The van der Waals surface area contributed by atoms with Crippen molar-refractivity contribution >= 4 is 18.3 Å². The molecule has 0 spiro atoms. The van der Waals surface area contributed by atoms with Crippen LogP contribution in [-0.4, -0.2) is 56.1 Å². The van der Waals surface area contributed by atoms with Gasteiger partial charge in [-0.15, -0.1) is 0 Å². The first-order valence-corrected chi connectivity index (χ1v) is 11.0. The largest absolute Gasteiger partial charge is 0.463 e. The number of nitrogens with zero attached hydrogens (tertiary/aromatic N) is 1. The number of rotatable bonds is 8. The fourth-order valence-electron chi connectivity index (χ4n) is 3.18. The fraction of sp³-hybridized carbons (Fsp3) is 0.783. The first-order chi connectivity index (χ1) is 14.0. The van der Waals surface area contributed by atoms with Crippen molar-refractivity contribution in [2.75, 3.05) is 27.2 Å². The zero-order chi connectivity index (χ0) is 23.4. The van der Waals surface area contributed by atoms with Gasteiger partial charge in [-0.05, 0) is 66.2 Å². The van der Waals surface area contributed by atoms with E-state index in [9.17, 15) is 14.4 Å². The molecule has 0 aromatic heterocycles. The average molecular weight is 427 g/mol. The molecule has 0 aliphatic heterocycles. The zero-order valence-corrected chi connectivity index (χ0v) is 20.2. The van der Waals surface area contributed by atoms with Gasteiger partial charge in [0, 0.05) is 31.8 Å². The molecule has 0 bridgehead atoms. The lowest BCUT2D eigenvalue weighted by molar-refractivity contribution is -0.138. The van der Waals surface area contributed by atoms with Crippen molar-refractivity contribution in [1.29, 1.82) is 0 Å². The van der Waals surface area contributed by atoms with Gasteiger partial charge in [0.1, 0.15) is 11.9 Å². The molecule has 0 saturated carbocycles. The highest BCUT2D eigenvalue weighted by molar-refractivity contribution is 5.89. The summed E-state index contributed by atoms with van der Waals surface area (Å²) in [6.07, 6.45) is 6.11. The third-order valence-corrected chi connectivity index (χ3v) is 5.21. The average Bonchev–Trinajstić information content (AvgIpc) is 2.71. The normalized spacial score (nSPS) is 14.3. The lowest BCUT2D eigenvalue weighted by Crippen LogP contribution is -2.42. The fourth-order valence-corrected chi connectivity index (χ4v) is 3.18. The van der Waals surface area contributed by atoms with Crippen molar-refractivity contribution < 1.29 is 23.9 Å². The second-order valence-corrected chi connectivity index (χ2v) is 8.66. The third-order valence-electron chi connectivity index (χ3n) is 5.21. The first-order valence-electron chi connectivity index (χ1n) is 11.0. The smallest absolute Gasteiger partial charge is 0.410 e. The number of amides is 1. The summed E-state index contributed by atoms with van der Waals surface area (Å²) in [6.45, 7) is 12.1. The molecule has 0 radical (unpaired) electrons. The minimum absolute atomic E-state index is 0.147. The molecule has 1 amide bonds. The summed E-state index contributed by atoms with van der Waals surface area (Å²) in [7, 11) is 3.53. The summed E-state index contributed by atoms with van der Waals surface area (Å²) in [5.41, 5.74) is 0.944. The Hall–Kier alpha value is -2.05. The lowest BCUT2D eigenvalue weighted by Gasteiger charge is -2.32. The summed E-state index contributed by atoms with van der Waals surface area (Å²) in [5.74, 6) is -0.147. The number of esters is 1. The minimum atomic E-state index is -0.506. The van der Waals surface area contributed by atoms with E-state index in [1.165, 1.54) is 11.3 Å². The van der Waals surface area contributed by atoms with Crippen LogP contribution in [0, 0.1) is 5.41 Å². The van der Waals surface area contributed by atoms with E-state index in [1.54, 1.807) is 7.05 Å². The predicted octanol–water partition coefficient (Wildman–Crippen LogP) is 4.46. The number of ether oxygens (including phenoxy) is 2. The summed E-state index contributed by atoms with van der Waals surface area (Å²) in [6, 6.07) is 0. The van der Waals surface area contributed by atoms with Crippen molar-refractivity contribution in [3.8, 4) is 0 Å². The van der Waals surface area contributed by atoms with Crippen LogP contribution in [-0.2, 0) is 19.1 Å². The number of aldehydes is 1. The Labute approximate surface area is 182 Å². The second-order valence-electron chi connectivity index (χ2n) is 8.66. The summed E-state index contributed by atoms with van der Waals surface area (Å²) in [5, 5.41) is 3.07. The Balaban J connectivity index is 0.000000579. The van der Waals surface area contributed by atoms with Crippen molar-refractivity contribution in [3.05, 3.63) is 11.3 Å². The molecule has 1 N–H and O–H groups in total. The Morgan fingerprint density at radius 3 is 2.10 bits per heavy atom. The molecule has 1 aliphatic rings. The SMILES string of the molecule is CCC(C=O)(CC)CN(C)C(=O)OC(C)(C)C.CCOC(=O)C1=C(NC)CCCC1. The van der Waals surface area contributed by atoms with Gasteiger partial charge in [-0.25, -0.2) is 9.59 Å². The summed E-state index contributed by atoms with van der Waals surface area (Å²) >= 11 is 0. The number of carbonyl (C=O) groups is 3. The molecular formula is C23H42N2O5. The first kappa shape index (κ1) is 27.9. The van der Waals surface area contributed by atoms with E-state index in [2.05, 4.69) is 5.32 Å². The van der Waals surface area contributed by atoms with Crippen LogP contribution in [0.5, 0.6) is 0 Å². The maximum atomic E-state index is 11.8. The molecule has 30 heavy (non-hydrogen) atoms. The van der Waals surface area contributed by atoms with Crippen LogP contribution < -0.4 is 5.32 Å². The number of carbonyl (C=O) groups excluding carboxylic acids is 3. The van der Waals surface area contributed by atoms with E-state index < -0.39 is 11.0 Å². The van der Waals surface area contributed by atoms with Gasteiger partial charge in [-0.2, -0.15) is 0 Å². The maximum Gasteiger partial charge on any atom is 0.410 e. The molecule has 0 aromatic rings. The van der Waals surface area contributed by atoms with Crippen LogP contribution in [0.15, 0.2) is 11.3 Å². The molecule has 0 aromatic carbocycles. The number of hydrogen-bond donors (Lipinski definition) is 1. The molecule has 7 heteroatoms. The lowest BCUT2D eigenvalue weighted by atomic mass is 9.83. The highest BCUT2D eigenvalue weighted by Crippen LogP contribution is 2.25. The minimum Gasteiger partial charge on any atom is -0.463 e. The van der Waals surface area contributed by atoms with E-state index in [-0.39, 0.29) is 12.1 Å². The van der Waals surface area contributed by atoms with E-state index in [0.29, 0.717) is 13.2 Å². The number of nitrogens with one attached hydrogen (secondary N) is 1. The predicted molar refractivity (Wildman–Crippen MR) is 119 cm³/mol. The van der Waals surface area contributed by atoms with Gasteiger partial charge in [0.15, 0.2) is 0 Å². The van der Waals surface area contributed by atoms with E-state index in [0.717, 1.165) is 49.7 Å². The Morgan fingerprint density at radius 2 is 1.67 bits per heavy atom. The van der Waals surface area contributed by atoms with Gasteiger partial charge in [-0.1, -0.05) is 13.8 Å². The van der Waals surface area contributed by atoms with Crippen molar-refractivity contribution in [1.82, 2.24) is 10.2 Å². The molecule has 1 aliphatic carbocycles. The molecular weight excluding hydrogens is 384 g/mol. The highest BCUT2D eigenvalue weighted by atomic mass is 16.6. The topological polar surface area (TPSA) is 84.9 Å². The highest BCUT2D eigenvalue weighted by Gasteiger charge is 2.30. The molecule has 0 saturated heterocycles. The molecule has 7 nitrogen and oxygen atoms in total. The Bertz CT molecular complexity index is 589. The van der Waals surface area contributed by atoms with Crippen molar-refractivity contribution in [3.63, 3.8) is 0 Å². The van der Waals surface area contributed by atoms with E-state index >= 15 is 0 Å². The van der Waals surface area contributed by atoms with E-state index in [4.69, 9.17) is 9.47 Å². The maximum absolute atomic E-state index is 11.8. The van der Waals surface area contributed by atoms with Gasteiger partial charge < -0.3 is 24.5 Å². The van der Waals surface area contributed by atoms with Crippen LogP contribution in [0.3, 0.4) is 0 Å². The van der Waals surface area contributed by atoms with Crippen LogP contribution in [0.25, 0.3) is 0 Å². The quantitative estimate of drug-likeness (QED) is 0.456.